The molecule has 0 unspecified atom stereocenters. The zero-order valence-corrected chi connectivity index (χ0v) is 16.5. The van der Waals surface area contributed by atoms with Crippen LogP contribution in [-0.2, 0) is 9.53 Å². The van der Waals surface area contributed by atoms with Gasteiger partial charge in [0.15, 0.2) is 6.61 Å². The molecular weight excluding hydrogens is 344 g/mol. The summed E-state index contributed by atoms with van der Waals surface area (Å²) in [7, 11) is 0. The molecule has 1 heterocycles. The summed E-state index contributed by atoms with van der Waals surface area (Å²) in [5, 5.41) is 2.88. The topological polar surface area (TPSA) is 67.9 Å². The first-order chi connectivity index (χ1) is 13.1. The number of amides is 2. The molecule has 1 aliphatic heterocycles. The van der Waals surface area contributed by atoms with Gasteiger partial charge in [0.2, 0.25) is 0 Å². The molecule has 6 nitrogen and oxygen atoms in total. The van der Waals surface area contributed by atoms with Crippen LogP contribution >= 0.6 is 0 Å². The van der Waals surface area contributed by atoms with Crippen molar-refractivity contribution in [2.75, 3.05) is 32.8 Å². The Morgan fingerprint density at radius 2 is 1.81 bits per heavy atom. The molecule has 1 aromatic carbocycles. The maximum absolute atomic E-state index is 12.4. The highest BCUT2D eigenvalue weighted by Crippen LogP contribution is 2.18. The number of rotatable bonds is 9. The van der Waals surface area contributed by atoms with Gasteiger partial charge in [0.25, 0.3) is 11.8 Å². The zero-order chi connectivity index (χ0) is 19.5. The Labute approximate surface area is 162 Å². The van der Waals surface area contributed by atoms with Gasteiger partial charge in [0, 0.05) is 26.2 Å². The predicted molar refractivity (Wildman–Crippen MR) is 105 cm³/mol. The molecular formula is C21H32N2O4. The van der Waals surface area contributed by atoms with E-state index >= 15 is 0 Å². The average Bonchev–Trinajstić information content (AvgIpc) is 2.95. The largest absolute Gasteiger partial charge is 0.483 e. The van der Waals surface area contributed by atoms with Crippen LogP contribution in [0.3, 0.4) is 0 Å². The highest BCUT2D eigenvalue weighted by atomic mass is 16.5. The monoisotopic (exact) mass is 376 g/mol. The summed E-state index contributed by atoms with van der Waals surface area (Å²) in [5.41, 5.74) is 0.450. The normalized spacial score (nSPS) is 14.7. The molecule has 0 atom stereocenters. The van der Waals surface area contributed by atoms with Gasteiger partial charge in [-0.2, -0.15) is 0 Å². The summed E-state index contributed by atoms with van der Waals surface area (Å²) < 4.78 is 11.2. The third kappa shape index (κ3) is 7.59. The van der Waals surface area contributed by atoms with Gasteiger partial charge in [-0.1, -0.05) is 25.0 Å². The Morgan fingerprint density at radius 3 is 2.52 bits per heavy atom. The van der Waals surface area contributed by atoms with Crippen molar-refractivity contribution < 1.29 is 19.1 Å². The van der Waals surface area contributed by atoms with Gasteiger partial charge >= 0.3 is 0 Å². The van der Waals surface area contributed by atoms with E-state index in [1.165, 1.54) is 12.8 Å². The fourth-order valence-corrected chi connectivity index (χ4v) is 3.02. The van der Waals surface area contributed by atoms with Crippen molar-refractivity contribution in [3.8, 4) is 5.75 Å². The molecule has 1 N–H and O–H groups in total. The van der Waals surface area contributed by atoms with E-state index in [0.717, 1.165) is 32.4 Å². The van der Waals surface area contributed by atoms with Crippen LogP contribution in [0.2, 0.25) is 0 Å². The fraction of sp³-hybridized carbons (Fsp3) is 0.619. The third-order valence-electron chi connectivity index (χ3n) is 4.50. The Balaban J connectivity index is 1.83. The summed E-state index contributed by atoms with van der Waals surface area (Å²) in [6, 6.07) is 7.04. The Kier molecular flexibility index (Phi) is 9.11. The second kappa shape index (κ2) is 11.6. The van der Waals surface area contributed by atoms with E-state index in [1.54, 1.807) is 24.3 Å². The predicted octanol–water partition coefficient (Wildman–Crippen LogP) is 3.01. The highest BCUT2D eigenvalue weighted by molar-refractivity contribution is 5.97. The second-order valence-corrected chi connectivity index (χ2v) is 7.11. The van der Waals surface area contributed by atoms with Crippen molar-refractivity contribution in [2.24, 2.45) is 0 Å². The lowest BCUT2D eigenvalue weighted by Crippen LogP contribution is -2.35. The van der Waals surface area contributed by atoms with Crippen molar-refractivity contribution in [1.29, 1.82) is 0 Å². The minimum absolute atomic E-state index is 0.0158. The van der Waals surface area contributed by atoms with Crippen molar-refractivity contribution in [2.45, 2.75) is 52.1 Å². The van der Waals surface area contributed by atoms with Gasteiger partial charge in [0.05, 0.1) is 11.7 Å². The number of nitrogens with one attached hydrogen (secondary N) is 1. The molecule has 1 fully saturated rings. The highest BCUT2D eigenvalue weighted by Gasteiger charge is 2.18. The Bertz CT molecular complexity index is 596. The van der Waals surface area contributed by atoms with E-state index in [1.807, 2.05) is 18.7 Å². The second-order valence-electron chi connectivity index (χ2n) is 7.11. The summed E-state index contributed by atoms with van der Waals surface area (Å²) >= 11 is 0. The first-order valence-electron chi connectivity index (χ1n) is 9.97. The number of benzene rings is 1. The van der Waals surface area contributed by atoms with Crippen LogP contribution in [0.4, 0.5) is 0 Å². The maximum atomic E-state index is 12.4. The van der Waals surface area contributed by atoms with Crippen LogP contribution < -0.4 is 10.1 Å². The summed E-state index contributed by atoms with van der Waals surface area (Å²) in [6.07, 6.45) is 5.39. The molecule has 2 amide bonds. The number of carbonyl (C=O) groups excluding carboxylic acids is 2. The molecule has 1 saturated heterocycles. The Morgan fingerprint density at radius 1 is 1.11 bits per heavy atom. The van der Waals surface area contributed by atoms with Crippen molar-refractivity contribution in [3.05, 3.63) is 29.8 Å². The number of nitrogens with zero attached hydrogens (tertiary/aromatic N) is 1. The molecule has 1 aromatic rings. The van der Waals surface area contributed by atoms with Crippen molar-refractivity contribution in [3.63, 3.8) is 0 Å². The molecule has 0 spiro atoms. The third-order valence-corrected chi connectivity index (χ3v) is 4.50. The molecule has 2 rings (SSSR count). The number of hydrogen-bond donors (Lipinski definition) is 1. The van der Waals surface area contributed by atoms with Gasteiger partial charge in [-0.25, -0.2) is 0 Å². The molecule has 0 aromatic heterocycles. The molecule has 27 heavy (non-hydrogen) atoms. The molecule has 0 aliphatic carbocycles. The Hall–Kier alpha value is -2.08. The lowest BCUT2D eigenvalue weighted by molar-refractivity contribution is -0.133. The minimum atomic E-state index is -0.197. The van der Waals surface area contributed by atoms with Crippen LogP contribution in [0.1, 0.15) is 56.3 Å². The maximum Gasteiger partial charge on any atom is 0.260 e. The van der Waals surface area contributed by atoms with E-state index < -0.39 is 0 Å². The molecule has 0 saturated carbocycles. The van der Waals surface area contributed by atoms with E-state index in [2.05, 4.69) is 5.32 Å². The molecule has 1 aliphatic rings. The number of likely N-dealkylation sites (tertiary alicyclic amines) is 1. The van der Waals surface area contributed by atoms with E-state index in [9.17, 15) is 9.59 Å². The summed E-state index contributed by atoms with van der Waals surface area (Å²) in [5.74, 6) is 0.229. The number of hydrogen-bond acceptors (Lipinski definition) is 4. The zero-order valence-electron chi connectivity index (χ0n) is 16.5. The van der Waals surface area contributed by atoms with Crippen molar-refractivity contribution in [1.82, 2.24) is 10.2 Å². The van der Waals surface area contributed by atoms with Gasteiger partial charge in [0.1, 0.15) is 5.75 Å². The fourth-order valence-electron chi connectivity index (χ4n) is 3.02. The SMILES string of the molecule is CC(C)OCCCNC(=O)c1ccccc1OCC(=O)N1CCCCCC1. The van der Waals surface area contributed by atoms with Crippen LogP contribution in [0, 0.1) is 0 Å². The van der Waals surface area contributed by atoms with Gasteiger partial charge in [-0.3, -0.25) is 9.59 Å². The van der Waals surface area contributed by atoms with Crippen LogP contribution in [0.15, 0.2) is 24.3 Å². The lowest BCUT2D eigenvalue weighted by Gasteiger charge is -2.20. The van der Waals surface area contributed by atoms with Gasteiger partial charge in [-0.05, 0) is 45.2 Å². The molecule has 0 bridgehead atoms. The van der Waals surface area contributed by atoms with Crippen molar-refractivity contribution >= 4 is 11.8 Å². The van der Waals surface area contributed by atoms with Crippen LogP contribution in [0.5, 0.6) is 5.75 Å². The van der Waals surface area contributed by atoms with E-state index in [4.69, 9.17) is 9.47 Å². The first kappa shape index (κ1) is 21.2. The van der Waals surface area contributed by atoms with Gasteiger partial charge in [-0.15, -0.1) is 0 Å². The first-order valence-corrected chi connectivity index (χ1v) is 9.97. The number of para-hydroxylation sites is 1. The smallest absolute Gasteiger partial charge is 0.260 e. The minimum Gasteiger partial charge on any atom is -0.483 e. The molecule has 6 heteroatoms. The lowest BCUT2D eigenvalue weighted by atomic mass is 10.2. The average molecular weight is 376 g/mol. The summed E-state index contributed by atoms with van der Waals surface area (Å²) in [6.45, 7) is 6.67. The standard InChI is InChI=1S/C21H32N2O4/c1-17(2)26-15-9-12-22-21(25)18-10-5-6-11-19(18)27-16-20(24)23-13-7-3-4-8-14-23/h5-6,10-11,17H,3-4,7-9,12-16H2,1-2H3,(H,22,25). The van der Waals surface area contributed by atoms with E-state index in [0.29, 0.717) is 24.5 Å². The summed E-state index contributed by atoms with van der Waals surface area (Å²) in [4.78, 5) is 26.7. The van der Waals surface area contributed by atoms with Crippen LogP contribution in [0.25, 0.3) is 0 Å². The quantitative estimate of drug-likeness (QED) is 0.673. The molecule has 150 valence electrons. The number of carbonyl (C=O) groups is 2. The number of ether oxygens (including phenoxy) is 2. The van der Waals surface area contributed by atoms with E-state index in [-0.39, 0.29) is 24.5 Å². The van der Waals surface area contributed by atoms with Gasteiger partial charge < -0.3 is 19.7 Å². The molecule has 0 radical (unpaired) electrons. The van der Waals surface area contributed by atoms with Crippen LogP contribution in [-0.4, -0.2) is 55.7 Å².